The van der Waals surface area contributed by atoms with Crippen LogP contribution in [0.5, 0.6) is 11.5 Å². The summed E-state index contributed by atoms with van der Waals surface area (Å²) < 4.78 is 61.4. The molecule has 179 valence electrons. The molecule has 0 saturated carbocycles. The summed E-state index contributed by atoms with van der Waals surface area (Å²) in [5, 5.41) is 1.36. The second kappa shape index (κ2) is 11.4. The molecule has 5 rings (SSSR count). The Kier molecular flexibility index (Phi) is 8.28. The van der Waals surface area contributed by atoms with Crippen LogP contribution in [0.1, 0.15) is 0 Å². The third-order valence-corrected chi connectivity index (χ3v) is 10.1. The first-order chi connectivity index (χ1) is 17.2. The average Bonchev–Trinajstić information content (AvgIpc) is 2.84. The standard InChI is InChI=1S/C21H16O6S2.C6H5.Hg/c22-28(23,26-20-13-5-9-16-7-1-3-11-18(16)20)15-29(24,25)27-21-14-6-10-17-8-2-4-12-19(17)21;1-2-4-6-5-3-1;/h1-14H,15H2;1-5H;. The van der Waals surface area contributed by atoms with Crippen molar-refractivity contribution in [2.75, 3.05) is 5.08 Å². The zero-order valence-corrected chi connectivity index (χ0v) is 26.3. The summed E-state index contributed by atoms with van der Waals surface area (Å²) in [5.74, 6) is 0.118. The number of fused-ring (bicyclic) bond motifs is 2. The van der Waals surface area contributed by atoms with Gasteiger partial charge in [-0.15, -0.1) is 0 Å². The maximum absolute atomic E-state index is 12.4. The summed E-state index contributed by atoms with van der Waals surface area (Å²) in [5.41, 5.74) is 0. The van der Waals surface area contributed by atoms with Crippen molar-refractivity contribution < 1.29 is 51.3 Å². The van der Waals surface area contributed by atoms with Crippen LogP contribution in [0.15, 0.2) is 115 Å². The number of hydrogen-bond donors (Lipinski definition) is 0. The van der Waals surface area contributed by atoms with Crippen molar-refractivity contribution in [2.45, 2.75) is 0 Å². The second-order valence-electron chi connectivity index (χ2n) is 7.84. The van der Waals surface area contributed by atoms with Gasteiger partial charge in [0.2, 0.25) is 5.08 Å². The van der Waals surface area contributed by atoms with Crippen molar-refractivity contribution in [3.05, 3.63) is 115 Å². The van der Waals surface area contributed by atoms with Crippen LogP contribution < -0.4 is 11.4 Å². The first-order valence-electron chi connectivity index (χ1n) is 10.9. The topological polar surface area (TPSA) is 86.7 Å². The molecule has 5 aromatic rings. The zero-order chi connectivity index (χ0) is 25.6. The van der Waals surface area contributed by atoms with E-state index >= 15 is 0 Å². The van der Waals surface area contributed by atoms with E-state index in [1.165, 1.54) is 15.2 Å². The van der Waals surface area contributed by atoms with Crippen molar-refractivity contribution in [1.29, 1.82) is 0 Å². The van der Waals surface area contributed by atoms with Gasteiger partial charge in [-0.25, -0.2) is 0 Å². The average molecular weight is 706 g/mol. The second-order valence-corrected chi connectivity index (χ2v) is 14.5. The molecule has 0 N–H and O–H groups in total. The Morgan fingerprint density at radius 2 is 0.889 bits per heavy atom. The van der Waals surface area contributed by atoms with Crippen LogP contribution in [-0.4, -0.2) is 21.9 Å². The van der Waals surface area contributed by atoms with Crippen LogP contribution in [0.3, 0.4) is 0 Å². The van der Waals surface area contributed by atoms with Gasteiger partial charge >= 0.3 is 79.8 Å². The molecule has 0 unspecified atom stereocenters. The van der Waals surface area contributed by atoms with E-state index in [-0.39, 0.29) is 11.5 Å². The molecule has 5 aromatic carbocycles. The van der Waals surface area contributed by atoms with Crippen LogP contribution in [0.2, 0.25) is 0 Å². The third kappa shape index (κ3) is 7.06. The normalized spacial score (nSPS) is 11.5. The van der Waals surface area contributed by atoms with Crippen LogP contribution in [-0.2, 0) is 46.4 Å². The summed E-state index contributed by atoms with van der Waals surface area (Å²) >= 11 is 0.810. The molecule has 0 bridgehead atoms. The molecule has 0 atom stereocenters. The number of rotatable bonds is 6. The molecular formula is C27H21HgO6S2. The summed E-state index contributed by atoms with van der Waals surface area (Å²) in [4.78, 5) is 0. The van der Waals surface area contributed by atoms with Crippen LogP contribution >= 0.6 is 0 Å². The number of benzene rings is 5. The molecule has 0 fully saturated rings. The van der Waals surface area contributed by atoms with Crippen molar-refractivity contribution in [3.8, 4) is 11.5 Å². The molecule has 0 heterocycles. The fraction of sp³-hybridized carbons (Fsp3) is 0.0370. The van der Waals surface area contributed by atoms with Crippen LogP contribution in [0, 0.1) is 0 Å². The third-order valence-electron chi connectivity index (χ3n) is 5.06. The Hall–Kier alpha value is -2.94. The predicted octanol–water partition coefficient (Wildman–Crippen LogP) is 4.93. The summed E-state index contributed by atoms with van der Waals surface area (Å²) in [6, 6.07) is 34.5. The van der Waals surface area contributed by atoms with E-state index in [9.17, 15) is 16.8 Å². The quantitative estimate of drug-likeness (QED) is 0.184. The molecule has 0 saturated heterocycles. The fourth-order valence-corrected chi connectivity index (χ4v) is 7.21. The first-order valence-corrected chi connectivity index (χ1v) is 16.8. The molecule has 9 heteroatoms. The van der Waals surface area contributed by atoms with Crippen molar-refractivity contribution in [1.82, 2.24) is 0 Å². The Labute approximate surface area is 226 Å². The molecule has 0 spiro atoms. The Bertz CT molecular complexity index is 1580. The zero-order valence-electron chi connectivity index (χ0n) is 19.1. The molecule has 0 aliphatic heterocycles. The van der Waals surface area contributed by atoms with Gasteiger partial charge in [-0.2, -0.15) is 16.8 Å². The van der Waals surface area contributed by atoms with Crippen molar-refractivity contribution in [3.63, 3.8) is 0 Å². The summed E-state index contributed by atoms with van der Waals surface area (Å²) in [6.45, 7) is 0. The van der Waals surface area contributed by atoms with Gasteiger partial charge in [0.25, 0.3) is 0 Å². The van der Waals surface area contributed by atoms with Gasteiger partial charge in [-0.1, -0.05) is 72.8 Å². The molecule has 0 aliphatic rings. The molecule has 0 radical (unpaired) electrons. The predicted molar refractivity (Wildman–Crippen MR) is 138 cm³/mol. The monoisotopic (exact) mass is 707 g/mol. The van der Waals surface area contributed by atoms with E-state index in [0.717, 1.165) is 36.9 Å². The number of hydrogen-bond acceptors (Lipinski definition) is 6. The summed E-state index contributed by atoms with van der Waals surface area (Å²) in [6.07, 6.45) is 0. The first kappa shape index (κ1) is 26.1. The van der Waals surface area contributed by atoms with Crippen LogP contribution in [0.25, 0.3) is 21.5 Å². The Morgan fingerprint density at radius 3 is 1.31 bits per heavy atom. The molecule has 0 amide bonds. The SMILES string of the molecule is O=S(=O)(CS(=O)(=O)Oc1cccc2ccccc12)Oc1cccc2ccccc12.[Hg][c]1ccccc1. The van der Waals surface area contributed by atoms with Gasteiger partial charge in [0, 0.05) is 10.8 Å². The van der Waals surface area contributed by atoms with E-state index in [2.05, 4.69) is 30.3 Å². The summed E-state index contributed by atoms with van der Waals surface area (Å²) in [7, 11) is -8.94. The van der Waals surface area contributed by atoms with E-state index < -0.39 is 25.3 Å². The van der Waals surface area contributed by atoms with Crippen molar-refractivity contribution in [2.24, 2.45) is 0 Å². The van der Waals surface area contributed by atoms with E-state index in [1.807, 2.05) is 12.1 Å². The minimum absolute atomic E-state index is 0.0588. The molecule has 6 nitrogen and oxygen atoms in total. The van der Waals surface area contributed by atoms with Gasteiger partial charge in [-0.05, 0) is 22.9 Å². The Morgan fingerprint density at radius 1 is 0.500 bits per heavy atom. The van der Waals surface area contributed by atoms with Crippen LogP contribution in [0.4, 0.5) is 0 Å². The molecule has 36 heavy (non-hydrogen) atoms. The van der Waals surface area contributed by atoms with Gasteiger partial charge in [0.05, 0.1) is 0 Å². The van der Waals surface area contributed by atoms with Gasteiger partial charge < -0.3 is 8.37 Å². The molecular weight excluding hydrogens is 685 g/mol. The van der Waals surface area contributed by atoms with Gasteiger partial charge in [-0.3, -0.25) is 0 Å². The molecule has 0 aliphatic carbocycles. The fourth-order valence-electron chi connectivity index (χ4n) is 3.51. The van der Waals surface area contributed by atoms with Crippen molar-refractivity contribution >= 4 is 44.9 Å². The Balaban J connectivity index is 0.000000375. The minimum atomic E-state index is -4.47. The molecule has 0 aromatic heterocycles. The van der Waals surface area contributed by atoms with Gasteiger partial charge in [0.15, 0.2) is 0 Å². The maximum atomic E-state index is 12.4. The van der Waals surface area contributed by atoms with E-state index in [4.69, 9.17) is 8.37 Å². The van der Waals surface area contributed by atoms with E-state index in [1.54, 1.807) is 60.7 Å². The van der Waals surface area contributed by atoms with Gasteiger partial charge in [0.1, 0.15) is 11.5 Å². The van der Waals surface area contributed by atoms with E-state index in [0.29, 0.717) is 10.8 Å².